The van der Waals surface area contributed by atoms with Crippen LogP contribution in [0.15, 0.2) is 59.4 Å². The van der Waals surface area contributed by atoms with E-state index in [1.165, 1.54) is 5.56 Å². The SMILES string of the molecule is O=c1c2ccccc2[nH]c(=S)n1CC(c1ccccc1)N1CCOCC1. The maximum absolute atomic E-state index is 13.0. The number of hydrogen-bond donors (Lipinski definition) is 1. The van der Waals surface area contributed by atoms with Crippen molar-refractivity contribution >= 4 is 23.1 Å². The molecule has 2 heterocycles. The van der Waals surface area contributed by atoms with E-state index in [0.717, 1.165) is 18.6 Å². The van der Waals surface area contributed by atoms with Gasteiger partial charge in [0.25, 0.3) is 5.56 Å². The molecule has 1 atom stereocenters. The molecule has 6 heteroatoms. The quantitative estimate of drug-likeness (QED) is 0.720. The molecule has 0 saturated carbocycles. The molecule has 1 saturated heterocycles. The van der Waals surface area contributed by atoms with E-state index >= 15 is 0 Å². The monoisotopic (exact) mass is 367 g/mol. The summed E-state index contributed by atoms with van der Waals surface area (Å²) in [5.74, 6) is 0. The van der Waals surface area contributed by atoms with Crippen molar-refractivity contribution in [3.63, 3.8) is 0 Å². The van der Waals surface area contributed by atoms with E-state index in [9.17, 15) is 4.79 Å². The van der Waals surface area contributed by atoms with Crippen molar-refractivity contribution in [3.05, 3.63) is 75.3 Å². The second-order valence-electron chi connectivity index (χ2n) is 6.47. The Morgan fingerprint density at radius 2 is 1.73 bits per heavy atom. The molecule has 0 aliphatic carbocycles. The summed E-state index contributed by atoms with van der Waals surface area (Å²) in [6, 6.07) is 17.9. The highest BCUT2D eigenvalue weighted by Gasteiger charge is 2.24. The fourth-order valence-corrected chi connectivity index (χ4v) is 3.80. The second-order valence-corrected chi connectivity index (χ2v) is 6.85. The number of nitrogens with zero attached hydrogens (tertiary/aromatic N) is 2. The highest BCUT2D eigenvalue weighted by molar-refractivity contribution is 7.71. The van der Waals surface area contributed by atoms with Gasteiger partial charge in [-0.05, 0) is 29.9 Å². The Hall–Kier alpha value is -2.28. The lowest BCUT2D eigenvalue weighted by Gasteiger charge is -2.35. The fourth-order valence-electron chi connectivity index (χ4n) is 3.53. The lowest BCUT2D eigenvalue weighted by atomic mass is 10.0. The van der Waals surface area contributed by atoms with Crippen molar-refractivity contribution in [1.82, 2.24) is 14.5 Å². The number of aromatic amines is 1. The highest BCUT2D eigenvalue weighted by atomic mass is 32.1. The van der Waals surface area contributed by atoms with Crippen LogP contribution in [0.3, 0.4) is 0 Å². The molecule has 134 valence electrons. The molecule has 1 aliphatic heterocycles. The number of benzene rings is 2. The number of ether oxygens (including phenoxy) is 1. The Kier molecular flexibility index (Phi) is 4.97. The van der Waals surface area contributed by atoms with Crippen molar-refractivity contribution in [3.8, 4) is 0 Å². The van der Waals surface area contributed by atoms with E-state index in [4.69, 9.17) is 17.0 Å². The molecule has 1 aliphatic rings. The minimum Gasteiger partial charge on any atom is -0.379 e. The van der Waals surface area contributed by atoms with Gasteiger partial charge in [0, 0.05) is 19.6 Å². The summed E-state index contributed by atoms with van der Waals surface area (Å²) in [5.41, 5.74) is 1.92. The molecule has 0 radical (unpaired) electrons. The van der Waals surface area contributed by atoms with Gasteiger partial charge in [-0.2, -0.15) is 0 Å². The van der Waals surface area contributed by atoms with Gasteiger partial charge in [0.05, 0.1) is 30.2 Å². The van der Waals surface area contributed by atoms with Gasteiger partial charge in [-0.15, -0.1) is 0 Å². The van der Waals surface area contributed by atoms with Gasteiger partial charge in [0.2, 0.25) is 0 Å². The minimum absolute atomic E-state index is 0.0430. The van der Waals surface area contributed by atoms with E-state index in [0.29, 0.717) is 29.9 Å². The van der Waals surface area contributed by atoms with Gasteiger partial charge in [-0.1, -0.05) is 42.5 Å². The molecule has 5 nitrogen and oxygen atoms in total. The maximum atomic E-state index is 13.0. The summed E-state index contributed by atoms with van der Waals surface area (Å²) in [6.07, 6.45) is 0. The Balaban J connectivity index is 1.77. The van der Waals surface area contributed by atoms with Crippen molar-refractivity contribution in [2.24, 2.45) is 0 Å². The smallest absolute Gasteiger partial charge is 0.262 e. The maximum Gasteiger partial charge on any atom is 0.262 e. The molecule has 1 unspecified atom stereocenters. The molecule has 1 N–H and O–H groups in total. The van der Waals surface area contributed by atoms with Gasteiger partial charge in [0.1, 0.15) is 0 Å². The predicted molar refractivity (Wildman–Crippen MR) is 105 cm³/mol. The van der Waals surface area contributed by atoms with Gasteiger partial charge >= 0.3 is 0 Å². The van der Waals surface area contributed by atoms with Crippen LogP contribution >= 0.6 is 12.2 Å². The Morgan fingerprint density at radius 1 is 1.04 bits per heavy atom. The van der Waals surface area contributed by atoms with Crippen LogP contribution in [0.2, 0.25) is 0 Å². The molecule has 0 bridgehead atoms. The number of hydrogen-bond acceptors (Lipinski definition) is 4. The molecule has 1 aromatic heterocycles. The van der Waals surface area contributed by atoms with Gasteiger partial charge < -0.3 is 9.72 Å². The first-order valence-electron chi connectivity index (χ1n) is 8.82. The standard InChI is InChI=1S/C20H21N3O2S/c24-19-16-8-4-5-9-17(16)21-20(26)23(19)14-18(15-6-2-1-3-7-15)22-10-12-25-13-11-22/h1-9,18H,10-14H2,(H,21,26). The summed E-state index contributed by atoms with van der Waals surface area (Å²) in [4.78, 5) is 18.6. The first-order chi connectivity index (χ1) is 12.7. The van der Waals surface area contributed by atoms with E-state index in [-0.39, 0.29) is 11.6 Å². The Morgan fingerprint density at radius 3 is 2.50 bits per heavy atom. The third kappa shape index (κ3) is 3.35. The number of aromatic nitrogens is 2. The van der Waals surface area contributed by atoms with Gasteiger partial charge in [-0.25, -0.2) is 0 Å². The fraction of sp³-hybridized carbons (Fsp3) is 0.300. The predicted octanol–water partition coefficient (Wildman–Crippen LogP) is 3.13. The Bertz CT molecular complexity index is 1010. The average molecular weight is 367 g/mol. The zero-order valence-electron chi connectivity index (χ0n) is 14.4. The summed E-state index contributed by atoms with van der Waals surface area (Å²) in [7, 11) is 0. The minimum atomic E-state index is -0.0430. The van der Waals surface area contributed by atoms with Crippen LogP contribution in [-0.4, -0.2) is 40.8 Å². The van der Waals surface area contributed by atoms with Crippen molar-refractivity contribution in [1.29, 1.82) is 0 Å². The molecular weight excluding hydrogens is 346 g/mol. The van der Waals surface area contributed by atoms with Crippen molar-refractivity contribution in [2.75, 3.05) is 26.3 Å². The first kappa shape index (κ1) is 17.1. The zero-order valence-corrected chi connectivity index (χ0v) is 15.2. The molecule has 2 aromatic carbocycles. The highest BCUT2D eigenvalue weighted by Crippen LogP contribution is 2.23. The van der Waals surface area contributed by atoms with Crippen LogP contribution in [-0.2, 0) is 11.3 Å². The van der Waals surface area contributed by atoms with Crippen LogP contribution < -0.4 is 5.56 Å². The number of fused-ring (bicyclic) bond motifs is 1. The number of rotatable bonds is 4. The van der Waals surface area contributed by atoms with E-state index in [1.807, 2.05) is 42.5 Å². The average Bonchev–Trinajstić information content (AvgIpc) is 2.69. The number of para-hydroxylation sites is 1. The van der Waals surface area contributed by atoms with Crippen LogP contribution in [0, 0.1) is 4.77 Å². The molecule has 0 spiro atoms. The van der Waals surface area contributed by atoms with Crippen LogP contribution in [0.4, 0.5) is 0 Å². The summed E-state index contributed by atoms with van der Waals surface area (Å²) in [5, 5.41) is 0.662. The summed E-state index contributed by atoms with van der Waals surface area (Å²) < 4.78 is 7.65. The number of H-pyrrole nitrogens is 1. The molecule has 1 fully saturated rings. The second kappa shape index (κ2) is 7.53. The van der Waals surface area contributed by atoms with Gasteiger partial charge in [-0.3, -0.25) is 14.3 Å². The van der Waals surface area contributed by atoms with Gasteiger partial charge in [0.15, 0.2) is 4.77 Å². The molecular formula is C20H21N3O2S. The lowest BCUT2D eigenvalue weighted by Crippen LogP contribution is -2.42. The zero-order chi connectivity index (χ0) is 17.9. The normalized spacial score (nSPS) is 16.6. The lowest BCUT2D eigenvalue weighted by molar-refractivity contribution is 0.0120. The van der Waals surface area contributed by atoms with Crippen molar-refractivity contribution in [2.45, 2.75) is 12.6 Å². The molecule has 4 rings (SSSR count). The van der Waals surface area contributed by atoms with E-state index in [2.05, 4.69) is 22.0 Å². The van der Waals surface area contributed by atoms with E-state index < -0.39 is 0 Å². The molecule has 0 amide bonds. The topological polar surface area (TPSA) is 50.3 Å². The summed E-state index contributed by atoms with van der Waals surface area (Å²) in [6.45, 7) is 3.63. The first-order valence-corrected chi connectivity index (χ1v) is 9.23. The molecule has 3 aromatic rings. The van der Waals surface area contributed by atoms with Crippen LogP contribution in [0.1, 0.15) is 11.6 Å². The molecule has 26 heavy (non-hydrogen) atoms. The number of morpholine rings is 1. The number of nitrogens with one attached hydrogen (secondary N) is 1. The van der Waals surface area contributed by atoms with Crippen molar-refractivity contribution < 1.29 is 4.74 Å². The largest absolute Gasteiger partial charge is 0.379 e. The third-order valence-corrected chi connectivity index (χ3v) is 5.24. The third-order valence-electron chi connectivity index (χ3n) is 4.92. The Labute approximate surface area is 156 Å². The van der Waals surface area contributed by atoms with Crippen LogP contribution in [0.5, 0.6) is 0 Å². The van der Waals surface area contributed by atoms with Crippen LogP contribution in [0.25, 0.3) is 10.9 Å². The van der Waals surface area contributed by atoms with E-state index in [1.54, 1.807) is 4.57 Å². The summed E-state index contributed by atoms with van der Waals surface area (Å²) >= 11 is 5.50.